The Morgan fingerprint density at radius 3 is 1.59 bits per heavy atom. The number of ketones is 2. The Morgan fingerprint density at radius 2 is 1.13 bits per heavy atom. The van der Waals surface area contributed by atoms with Crippen LogP contribution in [-0.2, 0) is 66.8 Å². The van der Waals surface area contributed by atoms with Crippen LogP contribution in [0.3, 0.4) is 0 Å². The molecule has 0 aromatic rings. The van der Waals surface area contributed by atoms with Crippen molar-refractivity contribution in [3.8, 4) is 0 Å². The van der Waals surface area contributed by atoms with Crippen LogP contribution < -0.4 is 0 Å². The van der Waals surface area contributed by atoms with E-state index in [0.29, 0.717) is 0 Å². The lowest BCUT2D eigenvalue weighted by Gasteiger charge is -2.42. The first-order valence-corrected chi connectivity index (χ1v) is 14.5. The number of ether oxygens (including phenoxy) is 6. The van der Waals surface area contributed by atoms with Crippen molar-refractivity contribution < 1.29 is 66.8 Å². The first kappa shape index (κ1) is 37.8. The second-order valence-electron chi connectivity index (χ2n) is 12.4. The van der Waals surface area contributed by atoms with Gasteiger partial charge in [0, 0.05) is 64.9 Å². The number of hydrogen-bond donors (Lipinski definition) is 0. The smallest absolute Gasteiger partial charge is 0.303 e. The Balaban J connectivity index is 3.21. The molecule has 0 bridgehead atoms. The van der Waals surface area contributed by atoms with Gasteiger partial charge in [-0.2, -0.15) is 0 Å². The van der Waals surface area contributed by atoms with Crippen molar-refractivity contribution in [2.45, 2.75) is 111 Å². The number of carbonyl (C=O) groups excluding carboxylic acids is 8. The van der Waals surface area contributed by atoms with E-state index in [2.05, 4.69) is 6.58 Å². The zero-order valence-corrected chi connectivity index (χ0v) is 27.7. The van der Waals surface area contributed by atoms with Gasteiger partial charge in [-0.15, -0.1) is 0 Å². The van der Waals surface area contributed by atoms with E-state index in [0.717, 1.165) is 41.5 Å². The minimum atomic E-state index is -2.34. The summed E-state index contributed by atoms with van der Waals surface area (Å²) in [7, 11) is 0. The topological polar surface area (TPSA) is 192 Å². The maximum Gasteiger partial charge on any atom is 0.303 e. The van der Waals surface area contributed by atoms with Gasteiger partial charge in [-0.1, -0.05) is 25.7 Å². The summed E-state index contributed by atoms with van der Waals surface area (Å²) in [5.41, 5.74) is -6.07. The zero-order valence-electron chi connectivity index (χ0n) is 27.7. The quantitative estimate of drug-likeness (QED) is 0.231. The van der Waals surface area contributed by atoms with Gasteiger partial charge in [-0.25, -0.2) is 0 Å². The fourth-order valence-electron chi connectivity index (χ4n) is 6.20. The number of Topliss-reactive ketones (excluding diaryl/α,β-unsaturated/α-hetero) is 2. The van der Waals surface area contributed by atoms with Gasteiger partial charge in [-0.05, 0) is 20.8 Å². The van der Waals surface area contributed by atoms with Gasteiger partial charge in [0.15, 0.2) is 35.0 Å². The second-order valence-corrected chi connectivity index (χ2v) is 12.4. The summed E-state index contributed by atoms with van der Waals surface area (Å²) >= 11 is 0. The predicted molar refractivity (Wildman–Crippen MR) is 156 cm³/mol. The van der Waals surface area contributed by atoms with Crippen molar-refractivity contribution in [3.05, 3.63) is 24.3 Å². The minimum Gasteiger partial charge on any atom is -0.458 e. The Hall–Kier alpha value is -4.36. The molecule has 0 N–H and O–H groups in total. The van der Waals surface area contributed by atoms with E-state index in [-0.39, 0.29) is 0 Å². The van der Waals surface area contributed by atoms with Gasteiger partial charge < -0.3 is 28.4 Å². The molecule has 14 nitrogen and oxygen atoms in total. The molecular weight excluding hydrogens is 608 g/mol. The van der Waals surface area contributed by atoms with Crippen LogP contribution >= 0.6 is 0 Å². The van der Waals surface area contributed by atoms with Crippen LogP contribution in [0.2, 0.25) is 0 Å². The van der Waals surface area contributed by atoms with Crippen LogP contribution in [0.4, 0.5) is 0 Å². The number of hydrogen-bond acceptors (Lipinski definition) is 14. The first-order valence-electron chi connectivity index (χ1n) is 14.5. The Morgan fingerprint density at radius 1 is 0.674 bits per heavy atom. The summed E-state index contributed by atoms with van der Waals surface area (Å²) in [6.45, 7) is 15.9. The molecular formula is C32H42O14. The third kappa shape index (κ3) is 8.07. The van der Waals surface area contributed by atoms with Crippen LogP contribution in [-0.4, -0.2) is 83.0 Å². The van der Waals surface area contributed by atoms with E-state index in [1.807, 2.05) is 0 Å². The molecule has 2 aliphatic rings. The Labute approximate surface area is 267 Å². The van der Waals surface area contributed by atoms with E-state index in [9.17, 15) is 38.4 Å². The van der Waals surface area contributed by atoms with Crippen molar-refractivity contribution in [1.82, 2.24) is 0 Å². The number of rotatable bonds is 6. The van der Waals surface area contributed by atoms with Gasteiger partial charge in [0.1, 0.15) is 6.10 Å². The van der Waals surface area contributed by atoms with Gasteiger partial charge in [0.2, 0.25) is 6.10 Å². The minimum absolute atomic E-state index is 0.392. The lowest BCUT2D eigenvalue weighted by atomic mass is 9.72. The molecule has 1 fully saturated rings. The Kier molecular flexibility index (Phi) is 11.5. The number of allylic oxidation sites excluding steroid dienone is 2. The maximum atomic E-state index is 14.6. The van der Waals surface area contributed by atoms with Crippen LogP contribution in [0.1, 0.15) is 75.7 Å². The molecule has 0 aromatic carbocycles. The molecule has 1 saturated carbocycles. The fraction of sp³-hybridized carbons (Fsp3) is 0.625. The normalized spacial score (nSPS) is 33.2. The van der Waals surface area contributed by atoms with Crippen molar-refractivity contribution in [2.75, 3.05) is 0 Å². The Bertz CT molecular complexity index is 1360. The molecule has 2 rings (SSSR count). The van der Waals surface area contributed by atoms with E-state index in [1.54, 1.807) is 0 Å². The van der Waals surface area contributed by atoms with Crippen LogP contribution in [0.5, 0.6) is 0 Å². The average molecular weight is 651 g/mol. The van der Waals surface area contributed by atoms with Crippen molar-refractivity contribution in [2.24, 2.45) is 17.3 Å². The summed E-state index contributed by atoms with van der Waals surface area (Å²) < 4.78 is 33.7. The van der Waals surface area contributed by atoms with Gasteiger partial charge >= 0.3 is 35.8 Å². The maximum absolute atomic E-state index is 14.6. The highest BCUT2D eigenvalue weighted by molar-refractivity contribution is 5.95. The van der Waals surface area contributed by atoms with Crippen LogP contribution in [0.25, 0.3) is 0 Å². The van der Waals surface area contributed by atoms with E-state index in [1.165, 1.54) is 39.8 Å². The summed E-state index contributed by atoms with van der Waals surface area (Å²) in [6.07, 6.45) is -5.02. The summed E-state index contributed by atoms with van der Waals surface area (Å²) in [6, 6.07) is 0. The second kappa shape index (κ2) is 14.0. The molecule has 0 heterocycles. The molecule has 0 radical (unpaired) electrons. The molecule has 0 unspecified atom stereocenters. The van der Waals surface area contributed by atoms with Gasteiger partial charge in [-0.3, -0.25) is 38.4 Å². The molecule has 0 spiro atoms. The van der Waals surface area contributed by atoms with Crippen LogP contribution in [0, 0.1) is 17.3 Å². The number of carbonyl (C=O) groups is 8. The lowest BCUT2D eigenvalue weighted by molar-refractivity contribution is -0.191. The lowest BCUT2D eigenvalue weighted by Crippen LogP contribution is -2.58. The standard InChI is InChI=1S/C32H42O14/c1-15-12-13-30(9,10)28(40)26(43-19(5)35)25(42-18(4)34)16(2)24(41-17(3)33)23-29(44-20(6)36)31(11,45-21(7)37)14-32(23,27(15)39)46-22(8)38/h12-13,15,23-26,29H,2,14H2,1,3-11H3/b13-12+/t15-,23+,24-,25+,26-,29-,31-,32-/m1/s1. The number of esters is 6. The highest BCUT2D eigenvalue weighted by Crippen LogP contribution is 2.54. The summed E-state index contributed by atoms with van der Waals surface area (Å²) in [5.74, 6) is -9.97. The van der Waals surface area contributed by atoms with Gasteiger partial charge in [0.05, 0.1) is 5.92 Å². The third-order valence-corrected chi connectivity index (χ3v) is 7.81. The van der Waals surface area contributed by atoms with Crippen molar-refractivity contribution in [1.29, 1.82) is 0 Å². The van der Waals surface area contributed by atoms with E-state index >= 15 is 0 Å². The van der Waals surface area contributed by atoms with E-state index < -0.39 is 112 Å². The largest absolute Gasteiger partial charge is 0.458 e. The molecule has 0 aromatic heterocycles. The first-order chi connectivity index (χ1) is 21.0. The predicted octanol–water partition coefficient (Wildman–Crippen LogP) is 2.28. The zero-order chi connectivity index (χ0) is 35.5. The highest BCUT2D eigenvalue weighted by atomic mass is 16.6. The van der Waals surface area contributed by atoms with Crippen LogP contribution in [0.15, 0.2) is 24.3 Å². The molecule has 0 aliphatic heterocycles. The molecule has 0 amide bonds. The van der Waals surface area contributed by atoms with E-state index in [4.69, 9.17) is 28.4 Å². The molecule has 8 atom stereocenters. The number of fused-ring (bicyclic) bond motifs is 1. The fourth-order valence-corrected chi connectivity index (χ4v) is 6.20. The van der Waals surface area contributed by atoms with Gasteiger partial charge in [0.25, 0.3) is 0 Å². The molecule has 46 heavy (non-hydrogen) atoms. The van der Waals surface area contributed by atoms with Crippen molar-refractivity contribution in [3.63, 3.8) is 0 Å². The molecule has 14 heteroatoms. The summed E-state index contributed by atoms with van der Waals surface area (Å²) in [5, 5.41) is 0. The third-order valence-electron chi connectivity index (χ3n) is 7.81. The highest BCUT2D eigenvalue weighted by Gasteiger charge is 2.72. The monoisotopic (exact) mass is 650 g/mol. The molecule has 254 valence electrons. The average Bonchev–Trinajstić information content (AvgIpc) is 3.11. The molecule has 0 saturated heterocycles. The van der Waals surface area contributed by atoms with Crippen molar-refractivity contribution >= 4 is 47.4 Å². The summed E-state index contributed by atoms with van der Waals surface area (Å²) in [4.78, 5) is 104. The molecule has 2 aliphatic carbocycles. The SMILES string of the molecule is C=C1[C@@H](OC(C)=O)[C@H]2[C@@H](OC(C)=O)[C@](C)(OC(C)=O)C[C@]2(OC(C)=O)C(=O)[C@H](C)/C=C/C(C)(C)C(=O)[C@H](OC(C)=O)[C@H]1OC(C)=O.